The molecule has 3 saturated heterocycles. The maximum Gasteiger partial charge on any atom is 0.312 e. The van der Waals surface area contributed by atoms with Crippen LogP contribution >= 0.6 is 15.9 Å². The summed E-state index contributed by atoms with van der Waals surface area (Å²) in [6, 6.07) is -0.865. The van der Waals surface area contributed by atoms with E-state index in [-0.39, 0.29) is 41.8 Å². The fourth-order valence-electron chi connectivity index (χ4n) is 6.19. The van der Waals surface area contributed by atoms with Gasteiger partial charge in [-0.3, -0.25) is 14.4 Å². The number of halogens is 1. The molecule has 8 nitrogen and oxygen atoms in total. The third-order valence-corrected chi connectivity index (χ3v) is 7.43. The molecule has 2 amide bonds. The van der Waals surface area contributed by atoms with E-state index in [1.54, 1.807) is 6.92 Å². The lowest BCUT2D eigenvalue weighted by molar-refractivity contribution is -0.154. The van der Waals surface area contributed by atoms with Crippen molar-refractivity contribution in [2.45, 2.75) is 88.9 Å². The van der Waals surface area contributed by atoms with E-state index in [0.29, 0.717) is 12.8 Å². The van der Waals surface area contributed by atoms with Gasteiger partial charge in [-0.1, -0.05) is 36.7 Å². The van der Waals surface area contributed by atoms with E-state index in [1.165, 1.54) is 4.90 Å². The molecule has 9 heteroatoms. The first-order chi connectivity index (χ1) is 14.8. The van der Waals surface area contributed by atoms with Crippen LogP contribution in [0, 0.1) is 17.3 Å². The van der Waals surface area contributed by atoms with Crippen molar-refractivity contribution < 1.29 is 29.0 Å². The van der Waals surface area contributed by atoms with E-state index >= 15 is 0 Å². The largest absolute Gasteiger partial charge is 0.466 e. The average Bonchev–Trinajstić information content (AvgIpc) is 3.21. The Morgan fingerprint density at radius 1 is 1.31 bits per heavy atom. The Bertz CT molecular complexity index is 766. The van der Waals surface area contributed by atoms with Crippen LogP contribution in [-0.2, 0) is 23.9 Å². The highest BCUT2D eigenvalue weighted by Gasteiger charge is 2.76. The molecule has 3 heterocycles. The zero-order chi connectivity index (χ0) is 24.1. The van der Waals surface area contributed by atoms with Gasteiger partial charge in [-0.05, 0) is 45.4 Å². The van der Waals surface area contributed by atoms with Crippen LogP contribution in [0.2, 0.25) is 0 Å². The van der Waals surface area contributed by atoms with E-state index in [9.17, 15) is 19.5 Å². The van der Waals surface area contributed by atoms with Gasteiger partial charge in [-0.25, -0.2) is 0 Å². The van der Waals surface area contributed by atoms with Crippen LogP contribution in [0.4, 0.5) is 0 Å². The lowest BCUT2D eigenvalue weighted by Crippen LogP contribution is -2.59. The molecule has 1 spiro atoms. The first kappa shape index (κ1) is 25.4. The Hall–Kier alpha value is -1.19. The van der Waals surface area contributed by atoms with Crippen molar-refractivity contribution in [1.29, 1.82) is 0 Å². The molecule has 3 aliphatic rings. The summed E-state index contributed by atoms with van der Waals surface area (Å²) < 4.78 is 11.6. The second-order valence-electron chi connectivity index (χ2n) is 11.1. The Morgan fingerprint density at radius 2 is 1.97 bits per heavy atom. The van der Waals surface area contributed by atoms with E-state index in [0.717, 1.165) is 6.42 Å². The fourth-order valence-corrected chi connectivity index (χ4v) is 7.13. The van der Waals surface area contributed by atoms with Gasteiger partial charge in [0.25, 0.3) is 0 Å². The third kappa shape index (κ3) is 4.44. The fraction of sp³-hybridized carbons (Fsp3) is 0.870. The zero-order valence-corrected chi connectivity index (χ0v) is 21.5. The van der Waals surface area contributed by atoms with Crippen LogP contribution in [0.25, 0.3) is 0 Å². The summed E-state index contributed by atoms with van der Waals surface area (Å²) in [5.74, 6) is -2.53. The minimum atomic E-state index is -1.09. The molecule has 0 aromatic rings. The Morgan fingerprint density at radius 3 is 2.53 bits per heavy atom. The van der Waals surface area contributed by atoms with Crippen LogP contribution in [0.1, 0.15) is 60.8 Å². The molecule has 3 fully saturated rings. The number of aliphatic hydroxyl groups excluding tert-OH is 1. The number of ether oxygens (including phenoxy) is 2. The predicted molar refractivity (Wildman–Crippen MR) is 122 cm³/mol. The molecule has 0 aliphatic carbocycles. The molecule has 1 unspecified atom stereocenters. The molecular weight excluding hydrogens is 480 g/mol. The van der Waals surface area contributed by atoms with Gasteiger partial charge < -0.3 is 24.8 Å². The summed E-state index contributed by atoms with van der Waals surface area (Å²) in [5.41, 5.74) is -1.59. The smallest absolute Gasteiger partial charge is 0.312 e. The highest BCUT2D eigenvalue weighted by molar-refractivity contribution is 9.09. The highest BCUT2D eigenvalue weighted by atomic mass is 79.9. The van der Waals surface area contributed by atoms with Crippen LogP contribution in [0.3, 0.4) is 0 Å². The number of nitrogens with one attached hydrogen (secondary N) is 1. The zero-order valence-electron chi connectivity index (χ0n) is 19.9. The number of amides is 2. The van der Waals surface area contributed by atoms with Crippen LogP contribution in [-0.4, -0.2) is 75.7 Å². The number of aliphatic hydroxyl groups is 1. The van der Waals surface area contributed by atoms with Gasteiger partial charge in [0.15, 0.2) is 0 Å². The minimum Gasteiger partial charge on any atom is -0.466 e. The van der Waals surface area contributed by atoms with E-state index in [4.69, 9.17) is 9.47 Å². The maximum absolute atomic E-state index is 13.7. The summed E-state index contributed by atoms with van der Waals surface area (Å²) in [6.45, 7) is 12.4. The van der Waals surface area contributed by atoms with Crippen molar-refractivity contribution >= 4 is 33.7 Å². The number of esters is 1. The van der Waals surface area contributed by atoms with Gasteiger partial charge >= 0.3 is 5.97 Å². The summed E-state index contributed by atoms with van der Waals surface area (Å²) >= 11 is 3.62. The van der Waals surface area contributed by atoms with Gasteiger partial charge in [-0.15, -0.1) is 0 Å². The second kappa shape index (κ2) is 8.87. The van der Waals surface area contributed by atoms with Gasteiger partial charge in [-0.2, -0.15) is 0 Å². The molecule has 3 aliphatic heterocycles. The van der Waals surface area contributed by atoms with Crippen molar-refractivity contribution in [3.8, 4) is 0 Å². The van der Waals surface area contributed by atoms with Crippen molar-refractivity contribution in [2.75, 3.05) is 19.8 Å². The van der Waals surface area contributed by atoms with E-state index < -0.39 is 41.1 Å². The monoisotopic (exact) mass is 516 g/mol. The average molecular weight is 517 g/mol. The minimum absolute atomic E-state index is 0.00204. The molecule has 3 rings (SSSR count). The SMILES string of the molecule is CCOC(=O)[C@@H]1[C@H]2O[C@@]3(CC2Br)[C@H](C(=O)NC(C)(C)CC(C)(C)C)N(CCCO)C(=O)[C@@H]13. The summed E-state index contributed by atoms with van der Waals surface area (Å²) in [5, 5.41) is 12.5. The number of nitrogens with zero attached hydrogens (tertiary/aromatic N) is 1. The lowest BCUT2D eigenvalue weighted by Gasteiger charge is -2.38. The second-order valence-corrected chi connectivity index (χ2v) is 12.3. The Labute approximate surface area is 198 Å². The van der Waals surface area contributed by atoms with Crippen LogP contribution in [0.5, 0.6) is 0 Å². The normalized spacial score (nSPS) is 34.1. The lowest BCUT2D eigenvalue weighted by atomic mass is 9.70. The molecule has 0 saturated carbocycles. The van der Waals surface area contributed by atoms with Gasteiger partial charge in [0, 0.05) is 23.5 Å². The Balaban J connectivity index is 1.97. The van der Waals surface area contributed by atoms with Crippen molar-refractivity contribution in [1.82, 2.24) is 10.2 Å². The number of likely N-dealkylation sites (tertiary alicyclic amines) is 1. The number of hydrogen-bond donors (Lipinski definition) is 2. The molecular formula is C23H37BrN2O6. The number of alkyl halides is 1. The third-order valence-electron chi connectivity index (χ3n) is 6.59. The van der Waals surface area contributed by atoms with Gasteiger partial charge in [0.05, 0.1) is 24.5 Å². The molecule has 32 heavy (non-hydrogen) atoms. The van der Waals surface area contributed by atoms with Crippen molar-refractivity contribution in [2.24, 2.45) is 17.3 Å². The number of carbonyl (C=O) groups excluding carboxylic acids is 3. The van der Waals surface area contributed by atoms with Crippen molar-refractivity contribution in [3.05, 3.63) is 0 Å². The first-order valence-electron chi connectivity index (χ1n) is 11.5. The topological polar surface area (TPSA) is 105 Å². The standard InChI is InChI=1S/C23H37BrN2O6/c1-7-31-20(30)14-15-19(29)26(9-8-10-27)17(23(15)11-13(24)16(14)32-23)18(28)25-22(5,6)12-21(2,3)4/h13-17,27H,7-12H2,1-6H3,(H,25,28)/t13?,14-,15+,16-,17-,23+/m0/s1. The van der Waals surface area contributed by atoms with E-state index in [1.807, 2.05) is 13.8 Å². The van der Waals surface area contributed by atoms with Crippen LogP contribution in [0.15, 0.2) is 0 Å². The Kier molecular flexibility index (Phi) is 7.05. The number of hydrogen-bond acceptors (Lipinski definition) is 6. The maximum atomic E-state index is 13.7. The van der Waals surface area contributed by atoms with E-state index in [2.05, 4.69) is 42.0 Å². The molecule has 2 N–H and O–H groups in total. The molecule has 0 aromatic heterocycles. The van der Waals surface area contributed by atoms with Gasteiger partial charge in [0.1, 0.15) is 11.6 Å². The van der Waals surface area contributed by atoms with Crippen LogP contribution < -0.4 is 5.32 Å². The van der Waals surface area contributed by atoms with Gasteiger partial charge in [0.2, 0.25) is 11.8 Å². The molecule has 2 bridgehead atoms. The number of rotatable bonds is 8. The summed E-state index contributed by atoms with van der Waals surface area (Å²) in [7, 11) is 0. The molecule has 182 valence electrons. The quantitative estimate of drug-likeness (QED) is 0.377. The van der Waals surface area contributed by atoms with Crippen molar-refractivity contribution in [3.63, 3.8) is 0 Å². The first-order valence-corrected chi connectivity index (χ1v) is 12.4. The summed E-state index contributed by atoms with van der Waals surface area (Å²) in [4.78, 5) is 41.5. The number of fused-ring (bicyclic) bond motifs is 1. The number of carbonyl (C=O) groups is 3. The molecule has 6 atom stereocenters. The highest BCUT2D eigenvalue weighted by Crippen LogP contribution is 2.60. The predicted octanol–water partition coefficient (Wildman–Crippen LogP) is 2.01. The summed E-state index contributed by atoms with van der Waals surface area (Å²) in [6.07, 6.45) is 1.03. The molecule has 0 aromatic carbocycles. The molecule has 0 radical (unpaired) electrons.